The first kappa shape index (κ1) is 62.4. The molecule has 0 saturated heterocycles. The quantitative estimate of drug-likeness (QED) is 0.0738. The van der Waals surface area contributed by atoms with Gasteiger partial charge >= 0.3 is 68.5 Å². The summed E-state index contributed by atoms with van der Waals surface area (Å²) in [5, 5.41) is 19.9. The minimum absolute atomic E-state index is 0.430. The van der Waals surface area contributed by atoms with E-state index in [0.717, 1.165) is 48.9 Å². The molecule has 0 heterocycles. The minimum Gasteiger partial charge on any atom is -0.437 e. The smallest absolute Gasteiger partial charge is 0.314 e. The largest absolute Gasteiger partial charge is 0.437 e. The molecule has 0 aliphatic rings. The highest BCUT2D eigenvalue weighted by atomic mass is 28.5. The molecule has 0 saturated carbocycles. The first-order valence-corrected chi connectivity index (χ1v) is 58.7. The Bertz CT molecular complexity index is 1660. The third-order valence-corrected chi connectivity index (χ3v) is 53.0. The lowest BCUT2D eigenvalue weighted by Crippen LogP contribution is -2.59. The van der Waals surface area contributed by atoms with E-state index >= 15 is 0 Å². The molecule has 1 aromatic carbocycles. The van der Waals surface area contributed by atoms with E-state index in [9.17, 15) is 10.5 Å². The Labute approximate surface area is 405 Å². The van der Waals surface area contributed by atoms with Crippen molar-refractivity contribution in [3.63, 3.8) is 0 Å². The van der Waals surface area contributed by atoms with Crippen LogP contribution in [0, 0.1) is 22.7 Å². The predicted octanol–water partition coefficient (Wildman–Crippen LogP) is 13.2. The highest BCUT2D eigenvalue weighted by molar-refractivity contribution is 6.92. The fourth-order valence-electron chi connectivity index (χ4n) is 9.37. The molecule has 0 atom stereocenters. The molecule has 370 valence electrons. The number of hydrogen-bond donors (Lipinski definition) is 0. The van der Waals surface area contributed by atoms with Gasteiger partial charge in [-0.25, -0.2) is 0 Å². The fraction of sp³-hybridized carbons (Fsp3) is 0.800. The molecule has 24 heteroatoms. The van der Waals surface area contributed by atoms with Crippen LogP contribution in [0.5, 0.6) is 0 Å². The molecule has 0 bridgehead atoms. The minimum atomic E-state index is -2.62. The molecule has 0 unspecified atom stereocenters. The van der Waals surface area contributed by atoms with Gasteiger partial charge in [0.15, 0.2) is 33.3 Å². The van der Waals surface area contributed by atoms with Crippen LogP contribution in [0.4, 0.5) is 0 Å². The van der Waals surface area contributed by atoms with Crippen molar-refractivity contribution < 1.29 is 41.2 Å². The normalized spacial score (nSPS) is 14.8. The maximum Gasteiger partial charge on any atom is 0.314 e. The average Bonchev–Trinajstić information content (AvgIpc) is 2.93. The molecule has 0 N–H and O–H groups in total. The molecule has 0 amide bonds. The second kappa shape index (κ2) is 22.7. The van der Waals surface area contributed by atoms with Crippen LogP contribution >= 0.6 is 0 Å². The Morgan fingerprint density at radius 2 is 0.531 bits per heavy atom. The van der Waals surface area contributed by atoms with Crippen LogP contribution in [0.15, 0.2) is 12.1 Å². The lowest BCUT2D eigenvalue weighted by atomic mass is 9.94. The monoisotopic (exact) mass is 1100 g/mol. The van der Waals surface area contributed by atoms with Crippen molar-refractivity contribution in [2.75, 3.05) is 0 Å². The summed E-state index contributed by atoms with van der Waals surface area (Å²) < 4.78 is 67.4. The summed E-state index contributed by atoms with van der Waals surface area (Å²) in [5.74, 6) is 0. The first-order chi connectivity index (χ1) is 28.1. The summed E-state index contributed by atoms with van der Waals surface area (Å²) in [5.41, 5.74) is 3.12. The Balaban J connectivity index is 3.03. The highest BCUT2D eigenvalue weighted by Crippen LogP contribution is 2.32. The van der Waals surface area contributed by atoms with Gasteiger partial charge in [0.1, 0.15) is 12.1 Å². The zero-order valence-electron chi connectivity index (χ0n) is 45.4. The van der Waals surface area contributed by atoms with E-state index in [0.29, 0.717) is 11.1 Å². The van der Waals surface area contributed by atoms with Gasteiger partial charge in [0.2, 0.25) is 0 Å². The van der Waals surface area contributed by atoms with Crippen LogP contribution in [0.1, 0.15) is 35.1 Å². The van der Waals surface area contributed by atoms with Gasteiger partial charge in [-0.1, -0.05) is 0 Å². The molecule has 0 aliphatic carbocycles. The molecule has 0 spiro atoms. The standard InChI is InChI=1S/C40H92N2O10Si12/c1-53(2,3)43-57(11,12)47-61(19,20)51-63(23,24)49-59(15,16)45-55(7,8)31-27-29-37-33-39(35-41)40(36-42)34-38(37)30-28-32-56(9,10)46-60(17,18)50-64(25,26)52-62(21,22)48-58(13,14)44-54(4,5)6/h33-34H,27-32H2,1-26H3. The van der Waals surface area contributed by atoms with Crippen LogP contribution < -0.4 is 0 Å². The van der Waals surface area contributed by atoms with Gasteiger partial charge in [-0.15, -0.1) is 0 Å². The Kier molecular flexibility index (Phi) is 22.1. The van der Waals surface area contributed by atoms with Crippen molar-refractivity contribution in [1.29, 1.82) is 10.5 Å². The zero-order valence-corrected chi connectivity index (χ0v) is 57.4. The highest BCUT2D eigenvalue weighted by Gasteiger charge is 2.48. The molecule has 1 aromatic rings. The molecule has 0 aliphatic heterocycles. The number of rotatable bonds is 28. The van der Waals surface area contributed by atoms with Gasteiger partial charge in [0.25, 0.3) is 0 Å². The number of nitrogens with zero attached hydrogens (tertiary/aromatic N) is 2. The van der Waals surface area contributed by atoms with Crippen molar-refractivity contribution in [2.24, 2.45) is 0 Å². The van der Waals surface area contributed by atoms with Gasteiger partial charge < -0.3 is 41.2 Å². The van der Waals surface area contributed by atoms with E-state index in [1.165, 1.54) is 0 Å². The Morgan fingerprint density at radius 1 is 0.328 bits per heavy atom. The number of nitriles is 2. The summed E-state index contributed by atoms with van der Waals surface area (Å²) in [6.07, 6.45) is 3.42. The number of benzene rings is 1. The number of aryl methyl sites for hydroxylation is 2. The van der Waals surface area contributed by atoms with E-state index in [2.05, 4.69) is 182 Å². The van der Waals surface area contributed by atoms with Crippen molar-refractivity contribution in [3.05, 3.63) is 34.4 Å². The molecule has 1 rings (SSSR count). The predicted molar refractivity (Wildman–Crippen MR) is 294 cm³/mol. The summed E-state index contributed by atoms with van der Waals surface area (Å²) in [7, 11) is -28.1. The lowest BCUT2D eigenvalue weighted by molar-refractivity contribution is 0.278. The van der Waals surface area contributed by atoms with Gasteiger partial charge in [0.05, 0.1) is 11.1 Å². The summed E-state index contributed by atoms with van der Waals surface area (Å²) in [6, 6.07) is 10.3. The third-order valence-electron chi connectivity index (χ3n) is 9.13. The topological polar surface area (TPSA) is 140 Å². The van der Waals surface area contributed by atoms with Gasteiger partial charge in [-0.05, 0) is 231 Å². The number of hydrogen-bond acceptors (Lipinski definition) is 12. The van der Waals surface area contributed by atoms with Gasteiger partial charge in [-0.2, -0.15) is 10.5 Å². The zero-order chi connectivity index (χ0) is 50.5. The maximum absolute atomic E-state index is 9.96. The maximum atomic E-state index is 9.96. The van der Waals surface area contributed by atoms with Crippen molar-refractivity contribution in [1.82, 2.24) is 0 Å². The summed E-state index contributed by atoms with van der Waals surface area (Å²) >= 11 is 0. The third kappa shape index (κ3) is 26.4. The molecule has 12 nitrogen and oxygen atoms in total. The Hall–Kier alpha value is 0.403. The Morgan fingerprint density at radius 3 is 0.734 bits per heavy atom. The van der Waals surface area contributed by atoms with Gasteiger partial charge in [-0.3, -0.25) is 0 Å². The van der Waals surface area contributed by atoms with Crippen molar-refractivity contribution in [3.8, 4) is 12.1 Å². The second-order valence-electron chi connectivity index (χ2n) is 24.1. The van der Waals surface area contributed by atoms with E-state index < -0.39 is 102 Å². The molecule has 0 radical (unpaired) electrons. The van der Waals surface area contributed by atoms with E-state index in [1.54, 1.807) is 0 Å². The average molecular weight is 1100 g/mol. The van der Waals surface area contributed by atoms with Crippen LogP contribution in [0.3, 0.4) is 0 Å². The van der Waals surface area contributed by atoms with E-state index in [-0.39, 0.29) is 0 Å². The molecule has 0 fully saturated rings. The van der Waals surface area contributed by atoms with Crippen LogP contribution in [-0.2, 0) is 54.0 Å². The molecular weight excluding hydrogens is 1010 g/mol. The lowest BCUT2D eigenvalue weighted by Gasteiger charge is -2.43. The summed E-state index contributed by atoms with van der Waals surface area (Å²) in [4.78, 5) is 0. The first-order valence-electron chi connectivity index (χ1n) is 23.1. The van der Waals surface area contributed by atoms with Crippen molar-refractivity contribution >= 4 is 102 Å². The van der Waals surface area contributed by atoms with Crippen molar-refractivity contribution in [2.45, 2.75) is 208 Å². The van der Waals surface area contributed by atoms with E-state index in [4.69, 9.17) is 41.2 Å². The molecular formula is C40H92N2O10Si12. The SMILES string of the molecule is C[Si](C)(C)O[Si](C)(C)O[Si](C)(C)O[Si](C)(C)O[Si](C)(C)O[Si](C)(C)CCCc1cc(C#N)c(C#N)cc1CCC[Si](C)(C)O[Si](C)(C)O[Si](C)(C)O[Si](C)(C)O[Si](C)(C)O[Si](C)(C)C. The van der Waals surface area contributed by atoms with Crippen LogP contribution in [-0.4, -0.2) is 102 Å². The van der Waals surface area contributed by atoms with E-state index in [1.807, 2.05) is 12.1 Å². The van der Waals surface area contributed by atoms with Gasteiger partial charge in [0, 0.05) is 0 Å². The fourth-order valence-corrected chi connectivity index (χ4v) is 67.4. The molecule has 0 aromatic heterocycles. The van der Waals surface area contributed by atoms with Crippen LogP contribution in [0.25, 0.3) is 0 Å². The summed E-state index contributed by atoms with van der Waals surface area (Å²) in [6.45, 7) is 56.0. The second-order valence-corrected chi connectivity index (χ2v) is 71.1. The van der Waals surface area contributed by atoms with Crippen LogP contribution in [0.2, 0.25) is 182 Å². The molecule has 64 heavy (non-hydrogen) atoms.